The smallest absolute Gasteiger partial charge is 0.316 e. The van der Waals surface area contributed by atoms with Crippen LogP contribution in [-0.4, -0.2) is 56.5 Å². The molecule has 1 unspecified atom stereocenters. The molecule has 0 radical (unpaired) electrons. The summed E-state index contributed by atoms with van der Waals surface area (Å²) < 4.78 is 4.88. The number of anilines is 2. The van der Waals surface area contributed by atoms with E-state index in [1.807, 2.05) is 27.9 Å². The highest BCUT2D eigenvalue weighted by Crippen LogP contribution is 2.17. The van der Waals surface area contributed by atoms with Crippen molar-refractivity contribution < 1.29 is 14.3 Å². The van der Waals surface area contributed by atoms with Crippen LogP contribution in [0, 0.1) is 5.92 Å². The number of carbonyl (C=O) groups excluding carboxylic acids is 2. The number of Topliss-reactive ketones (excluding diaryl/α,β-unsaturated/α-hetero) is 1. The van der Waals surface area contributed by atoms with E-state index >= 15 is 0 Å². The summed E-state index contributed by atoms with van der Waals surface area (Å²) in [4.78, 5) is 36.1. The highest BCUT2D eigenvalue weighted by molar-refractivity contribution is 6.07. The number of ether oxygens (including phenoxy) is 1. The first-order valence-corrected chi connectivity index (χ1v) is 7.72. The van der Waals surface area contributed by atoms with Crippen LogP contribution in [0.1, 0.15) is 38.2 Å². The van der Waals surface area contributed by atoms with E-state index in [9.17, 15) is 9.59 Å². The van der Waals surface area contributed by atoms with Crippen LogP contribution in [0.2, 0.25) is 0 Å². The van der Waals surface area contributed by atoms with E-state index < -0.39 is 11.9 Å². The lowest BCUT2D eigenvalue weighted by Crippen LogP contribution is -2.26. The van der Waals surface area contributed by atoms with Gasteiger partial charge in [-0.15, -0.1) is 0 Å². The molecule has 1 rings (SSSR count). The number of nitrogens with zero attached hydrogens (tertiary/aromatic N) is 4. The van der Waals surface area contributed by atoms with Crippen molar-refractivity contribution in [1.29, 1.82) is 0 Å². The predicted octanol–water partition coefficient (Wildman–Crippen LogP) is 2.02. The molecule has 0 aliphatic carbocycles. The molecule has 0 aromatic carbocycles. The summed E-state index contributed by atoms with van der Waals surface area (Å²) in [5.74, 6) is -0.778. The van der Waals surface area contributed by atoms with Crippen LogP contribution in [0.4, 0.5) is 11.8 Å². The molecule has 23 heavy (non-hydrogen) atoms. The van der Waals surface area contributed by atoms with Gasteiger partial charge < -0.3 is 14.5 Å². The zero-order valence-corrected chi connectivity index (χ0v) is 15.4. The zero-order valence-electron chi connectivity index (χ0n) is 15.4. The minimum Gasteiger partial charge on any atom is -0.465 e. The number of carbonyl (C=O) groups is 2. The Morgan fingerprint density at radius 3 is 2.13 bits per heavy atom. The molecule has 7 heteroatoms. The van der Waals surface area contributed by atoms with Gasteiger partial charge in [-0.3, -0.25) is 9.59 Å². The maximum absolute atomic E-state index is 12.4. The Morgan fingerprint density at radius 1 is 1.13 bits per heavy atom. The molecule has 0 saturated heterocycles. The molecule has 0 N–H and O–H groups in total. The molecular weight excluding hydrogens is 296 g/mol. The highest BCUT2D eigenvalue weighted by Gasteiger charge is 2.26. The molecule has 7 nitrogen and oxygen atoms in total. The summed E-state index contributed by atoms with van der Waals surface area (Å²) in [6, 6.07) is 1.57. The summed E-state index contributed by atoms with van der Waals surface area (Å²) in [7, 11) is 7.23. The van der Waals surface area contributed by atoms with E-state index in [0.717, 1.165) is 0 Å². The molecule has 0 aliphatic heterocycles. The first-order chi connectivity index (χ1) is 10.8. The van der Waals surface area contributed by atoms with Crippen molar-refractivity contribution in [1.82, 2.24) is 9.97 Å². The van der Waals surface area contributed by atoms with E-state index in [1.165, 1.54) is 6.92 Å². The average Bonchev–Trinajstić information content (AvgIpc) is 2.54. The molecule has 1 atom stereocenters. The van der Waals surface area contributed by atoms with Gasteiger partial charge in [-0.25, -0.2) is 4.98 Å². The fourth-order valence-corrected chi connectivity index (χ4v) is 1.57. The fourth-order valence-electron chi connectivity index (χ4n) is 1.57. The van der Waals surface area contributed by atoms with Gasteiger partial charge in [-0.05, 0) is 13.8 Å². The molecule has 130 valence electrons. The Labute approximate surface area is 138 Å². The predicted molar refractivity (Wildman–Crippen MR) is 92.2 cm³/mol. The largest absolute Gasteiger partial charge is 0.465 e. The summed E-state index contributed by atoms with van der Waals surface area (Å²) in [5, 5.41) is 0. The van der Waals surface area contributed by atoms with Gasteiger partial charge in [0.1, 0.15) is 17.4 Å². The molecular formula is C16H28N4O3. The standard InChI is InChI=1S/C14H22N4O3.C2H6/c1-7-21-13(20)9(2)12(19)10-8-11(17(3)4)16-14(15-10)18(5)6;1-2/h8-9H,7H2,1-6H3;1-2H3. The van der Waals surface area contributed by atoms with Crippen LogP contribution in [0.15, 0.2) is 6.07 Å². The van der Waals surface area contributed by atoms with Crippen molar-refractivity contribution in [3.63, 3.8) is 0 Å². The summed E-state index contributed by atoms with van der Waals surface area (Å²) >= 11 is 0. The SMILES string of the molecule is CC.CCOC(=O)C(C)C(=O)c1cc(N(C)C)nc(N(C)C)n1. The van der Waals surface area contributed by atoms with Crippen LogP contribution in [-0.2, 0) is 9.53 Å². The maximum Gasteiger partial charge on any atom is 0.316 e. The van der Waals surface area contributed by atoms with Gasteiger partial charge in [-0.1, -0.05) is 13.8 Å². The highest BCUT2D eigenvalue weighted by atomic mass is 16.5. The van der Waals surface area contributed by atoms with Crippen molar-refractivity contribution >= 4 is 23.5 Å². The third-order valence-corrected chi connectivity index (χ3v) is 2.84. The zero-order chi connectivity index (χ0) is 18.2. The number of hydrogen-bond acceptors (Lipinski definition) is 7. The lowest BCUT2D eigenvalue weighted by molar-refractivity contribution is -0.145. The Bertz CT molecular complexity index is 504. The Balaban J connectivity index is 0.00000232. The van der Waals surface area contributed by atoms with Crippen molar-refractivity contribution in [3.05, 3.63) is 11.8 Å². The number of esters is 1. The minimum atomic E-state index is -0.884. The summed E-state index contributed by atoms with van der Waals surface area (Å²) in [6.07, 6.45) is 0. The molecule has 0 spiro atoms. The Hall–Kier alpha value is -2.18. The summed E-state index contributed by atoms with van der Waals surface area (Å²) in [6.45, 7) is 7.47. The molecule has 1 aromatic heterocycles. The van der Waals surface area contributed by atoms with E-state index in [1.54, 1.807) is 36.9 Å². The lowest BCUT2D eigenvalue weighted by Gasteiger charge is -2.17. The monoisotopic (exact) mass is 324 g/mol. The van der Waals surface area contributed by atoms with Crippen molar-refractivity contribution in [3.8, 4) is 0 Å². The molecule has 0 aliphatic rings. The molecule has 0 bridgehead atoms. The van der Waals surface area contributed by atoms with Gasteiger partial charge in [-0.2, -0.15) is 4.98 Å². The van der Waals surface area contributed by atoms with Gasteiger partial charge >= 0.3 is 5.97 Å². The van der Waals surface area contributed by atoms with Crippen molar-refractivity contribution in [2.24, 2.45) is 5.92 Å². The van der Waals surface area contributed by atoms with Crippen LogP contribution in [0.3, 0.4) is 0 Å². The van der Waals surface area contributed by atoms with E-state index in [0.29, 0.717) is 11.8 Å². The van der Waals surface area contributed by atoms with Crippen LogP contribution in [0.25, 0.3) is 0 Å². The van der Waals surface area contributed by atoms with Gasteiger partial charge in [0.15, 0.2) is 5.78 Å². The van der Waals surface area contributed by atoms with Crippen molar-refractivity contribution in [2.75, 3.05) is 44.6 Å². The Morgan fingerprint density at radius 2 is 1.70 bits per heavy atom. The first-order valence-electron chi connectivity index (χ1n) is 7.72. The van der Waals surface area contributed by atoms with E-state index in [2.05, 4.69) is 9.97 Å². The Kier molecular flexibility index (Phi) is 8.83. The summed E-state index contributed by atoms with van der Waals surface area (Å²) in [5.41, 5.74) is 0.206. The molecule has 0 fully saturated rings. The maximum atomic E-state index is 12.4. The van der Waals surface area contributed by atoms with E-state index in [-0.39, 0.29) is 18.1 Å². The molecule has 1 heterocycles. The number of hydrogen-bond donors (Lipinski definition) is 0. The van der Waals surface area contributed by atoms with Crippen LogP contribution < -0.4 is 9.80 Å². The fraction of sp³-hybridized carbons (Fsp3) is 0.625. The number of aromatic nitrogens is 2. The topological polar surface area (TPSA) is 75.6 Å². The normalized spacial score (nSPS) is 11.0. The van der Waals surface area contributed by atoms with Crippen LogP contribution in [0.5, 0.6) is 0 Å². The van der Waals surface area contributed by atoms with Crippen molar-refractivity contribution in [2.45, 2.75) is 27.7 Å². The quantitative estimate of drug-likeness (QED) is 0.450. The minimum absolute atomic E-state index is 0.206. The van der Waals surface area contributed by atoms with Gasteiger partial charge in [0, 0.05) is 34.3 Å². The van der Waals surface area contributed by atoms with Gasteiger partial charge in [0.05, 0.1) is 6.61 Å². The van der Waals surface area contributed by atoms with Crippen LogP contribution >= 0.6 is 0 Å². The number of ketones is 1. The molecule has 0 amide bonds. The second-order valence-electron chi connectivity index (χ2n) is 5.04. The molecule has 0 saturated carbocycles. The first kappa shape index (κ1) is 20.8. The second-order valence-corrected chi connectivity index (χ2v) is 5.04. The average molecular weight is 324 g/mol. The third kappa shape index (κ3) is 5.84. The third-order valence-electron chi connectivity index (χ3n) is 2.84. The van der Waals surface area contributed by atoms with Gasteiger partial charge in [0.2, 0.25) is 5.95 Å². The molecule has 1 aromatic rings. The lowest BCUT2D eigenvalue weighted by atomic mass is 10.0. The van der Waals surface area contributed by atoms with E-state index in [4.69, 9.17) is 4.74 Å². The second kappa shape index (κ2) is 9.76. The van der Waals surface area contributed by atoms with Gasteiger partial charge in [0.25, 0.3) is 0 Å². The number of rotatable bonds is 6.